The number of fused-ring (bicyclic) bond motifs is 1. The van der Waals surface area contributed by atoms with Crippen LogP contribution < -0.4 is 10.6 Å². The van der Waals surface area contributed by atoms with Gasteiger partial charge in [0.25, 0.3) is 0 Å². The first-order valence-corrected chi connectivity index (χ1v) is 7.42. The van der Waals surface area contributed by atoms with Gasteiger partial charge in [-0.25, -0.2) is 9.78 Å². The molecule has 0 radical (unpaired) electrons. The molecule has 1 aromatic heterocycles. The van der Waals surface area contributed by atoms with Gasteiger partial charge in [0, 0.05) is 30.2 Å². The molecule has 3 rings (SSSR count). The van der Waals surface area contributed by atoms with E-state index in [1.54, 1.807) is 6.20 Å². The number of amides is 2. The van der Waals surface area contributed by atoms with E-state index in [9.17, 15) is 4.79 Å². The maximum atomic E-state index is 11.9. The molecule has 3 heterocycles. The number of rotatable bonds is 2. The highest BCUT2D eigenvalue weighted by molar-refractivity contribution is 7.13. The van der Waals surface area contributed by atoms with Crippen LogP contribution in [0.3, 0.4) is 0 Å². The summed E-state index contributed by atoms with van der Waals surface area (Å²) in [6.07, 6.45) is 6.55. The summed E-state index contributed by atoms with van der Waals surface area (Å²) in [5.41, 5.74) is 0. The number of hydrogen-bond donors (Lipinski definition) is 2. The van der Waals surface area contributed by atoms with Gasteiger partial charge in [-0.3, -0.25) is 10.2 Å². The largest absolute Gasteiger partial charge is 0.333 e. The lowest BCUT2D eigenvalue weighted by atomic mass is 9.99. The van der Waals surface area contributed by atoms with Gasteiger partial charge in [0.15, 0.2) is 5.13 Å². The second-order valence-electron chi connectivity index (χ2n) is 4.93. The molecule has 2 aliphatic rings. The number of hydrogen-bond acceptors (Lipinski definition) is 4. The summed E-state index contributed by atoms with van der Waals surface area (Å²) >= 11 is 1.44. The minimum absolute atomic E-state index is 0.123. The topological polar surface area (TPSA) is 57.3 Å². The highest BCUT2D eigenvalue weighted by atomic mass is 32.1. The highest BCUT2D eigenvalue weighted by Gasteiger charge is 2.36. The average molecular weight is 266 g/mol. The van der Waals surface area contributed by atoms with Crippen LogP contribution in [0, 0.1) is 0 Å². The molecule has 0 unspecified atom stereocenters. The third kappa shape index (κ3) is 2.49. The Hall–Kier alpha value is -1.14. The number of aromatic nitrogens is 1. The molecule has 2 N–H and O–H groups in total. The second-order valence-corrected chi connectivity index (χ2v) is 5.82. The van der Waals surface area contributed by atoms with Crippen LogP contribution in [0.4, 0.5) is 9.93 Å². The van der Waals surface area contributed by atoms with E-state index in [-0.39, 0.29) is 6.03 Å². The van der Waals surface area contributed by atoms with Gasteiger partial charge >= 0.3 is 6.03 Å². The number of nitrogens with one attached hydrogen (secondary N) is 2. The predicted molar refractivity (Wildman–Crippen MR) is 71.9 cm³/mol. The van der Waals surface area contributed by atoms with Crippen molar-refractivity contribution in [3.8, 4) is 0 Å². The Morgan fingerprint density at radius 3 is 3.17 bits per heavy atom. The minimum atomic E-state index is -0.123. The van der Waals surface area contributed by atoms with Gasteiger partial charge in [0.1, 0.15) is 0 Å². The van der Waals surface area contributed by atoms with Crippen molar-refractivity contribution in [2.75, 3.05) is 18.4 Å². The van der Waals surface area contributed by atoms with Crippen LogP contribution in [-0.4, -0.2) is 41.1 Å². The molecule has 0 aromatic carbocycles. The Labute approximate surface area is 111 Å². The summed E-state index contributed by atoms with van der Waals surface area (Å²) in [7, 11) is 0. The molecule has 1 aromatic rings. The molecular weight excluding hydrogens is 248 g/mol. The van der Waals surface area contributed by atoms with Crippen LogP contribution in [0.25, 0.3) is 0 Å². The molecule has 2 atom stereocenters. The summed E-state index contributed by atoms with van der Waals surface area (Å²) in [5, 5.41) is 8.39. The van der Waals surface area contributed by atoms with Crippen molar-refractivity contribution in [1.29, 1.82) is 0 Å². The molecule has 0 aliphatic carbocycles. The first kappa shape index (κ1) is 11.9. The van der Waals surface area contributed by atoms with E-state index in [2.05, 4.69) is 20.5 Å². The molecular formula is C12H18N4OS. The lowest BCUT2D eigenvalue weighted by Crippen LogP contribution is -2.47. The van der Waals surface area contributed by atoms with Crippen molar-refractivity contribution in [3.05, 3.63) is 11.6 Å². The molecule has 2 fully saturated rings. The third-order valence-electron chi connectivity index (χ3n) is 3.83. The van der Waals surface area contributed by atoms with Crippen molar-refractivity contribution in [2.45, 2.75) is 37.8 Å². The van der Waals surface area contributed by atoms with Gasteiger partial charge in [-0.15, -0.1) is 11.3 Å². The van der Waals surface area contributed by atoms with Crippen molar-refractivity contribution in [1.82, 2.24) is 15.2 Å². The molecule has 0 saturated carbocycles. The predicted octanol–water partition coefficient (Wildman–Crippen LogP) is 1.89. The van der Waals surface area contributed by atoms with Gasteiger partial charge in [0.05, 0.1) is 0 Å². The van der Waals surface area contributed by atoms with E-state index in [0.717, 1.165) is 13.0 Å². The van der Waals surface area contributed by atoms with Gasteiger partial charge in [-0.2, -0.15) is 0 Å². The summed E-state index contributed by atoms with van der Waals surface area (Å²) in [6, 6.07) is 0.716. The van der Waals surface area contributed by atoms with Crippen LogP contribution in [-0.2, 0) is 0 Å². The Morgan fingerprint density at radius 2 is 2.33 bits per heavy atom. The highest BCUT2D eigenvalue weighted by Crippen LogP contribution is 2.27. The molecule has 2 aliphatic heterocycles. The molecule has 5 nitrogen and oxygen atoms in total. The van der Waals surface area contributed by atoms with Crippen molar-refractivity contribution in [2.24, 2.45) is 0 Å². The Bertz CT molecular complexity index is 408. The minimum Gasteiger partial charge on any atom is -0.333 e. The van der Waals surface area contributed by atoms with Crippen LogP contribution in [0.1, 0.15) is 25.7 Å². The molecule has 2 amide bonds. The third-order valence-corrected chi connectivity index (χ3v) is 4.51. The van der Waals surface area contributed by atoms with Crippen molar-refractivity contribution >= 4 is 22.5 Å². The maximum absolute atomic E-state index is 11.9. The van der Waals surface area contributed by atoms with Crippen LogP contribution in [0.5, 0.6) is 0 Å². The van der Waals surface area contributed by atoms with E-state index in [1.165, 1.54) is 37.1 Å². The first-order valence-electron chi connectivity index (χ1n) is 6.54. The van der Waals surface area contributed by atoms with Crippen molar-refractivity contribution in [3.63, 3.8) is 0 Å². The summed E-state index contributed by atoms with van der Waals surface area (Å²) in [4.78, 5) is 18.4. The van der Waals surface area contributed by atoms with E-state index < -0.39 is 0 Å². The molecule has 2 saturated heterocycles. The quantitative estimate of drug-likeness (QED) is 0.859. The normalized spacial score (nSPS) is 27.8. The first-order chi connectivity index (χ1) is 8.83. The van der Waals surface area contributed by atoms with Crippen molar-refractivity contribution < 1.29 is 4.79 Å². The zero-order valence-electron chi connectivity index (χ0n) is 10.3. The fraction of sp³-hybridized carbons (Fsp3) is 0.667. The summed E-state index contributed by atoms with van der Waals surface area (Å²) in [5.74, 6) is 0. The molecule has 98 valence electrons. The Morgan fingerprint density at radius 1 is 1.39 bits per heavy atom. The fourth-order valence-corrected chi connectivity index (χ4v) is 3.53. The number of thiazole rings is 1. The standard InChI is InChI=1S/C12H18N4OS/c17-11(15-12-13-5-8-18-12)14-9-4-7-16-6-2-1-3-10(9)16/h5,8-10H,1-4,6-7H2,(H2,13,14,15,17)/t9-,10-/m1/s1. The van der Waals surface area contributed by atoms with Gasteiger partial charge in [-0.1, -0.05) is 6.42 Å². The number of carbonyl (C=O) groups excluding carboxylic acids is 1. The van der Waals surface area contributed by atoms with Crippen LogP contribution in [0.15, 0.2) is 11.6 Å². The van der Waals surface area contributed by atoms with E-state index in [1.807, 2.05) is 5.38 Å². The van der Waals surface area contributed by atoms with E-state index >= 15 is 0 Å². The van der Waals surface area contributed by atoms with Gasteiger partial charge in [-0.05, 0) is 25.8 Å². The monoisotopic (exact) mass is 266 g/mol. The summed E-state index contributed by atoms with van der Waals surface area (Å²) < 4.78 is 0. The summed E-state index contributed by atoms with van der Waals surface area (Å²) in [6.45, 7) is 2.31. The van der Waals surface area contributed by atoms with Crippen LogP contribution >= 0.6 is 11.3 Å². The smallest absolute Gasteiger partial charge is 0.321 e. The zero-order valence-corrected chi connectivity index (χ0v) is 11.1. The fourth-order valence-electron chi connectivity index (χ4n) is 3.00. The lowest BCUT2D eigenvalue weighted by Gasteiger charge is -2.32. The molecule has 0 spiro atoms. The lowest BCUT2D eigenvalue weighted by molar-refractivity contribution is 0.180. The number of nitrogens with zero attached hydrogens (tertiary/aromatic N) is 2. The number of urea groups is 1. The molecule has 6 heteroatoms. The van der Waals surface area contributed by atoms with Gasteiger partial charge in [0.2, 0.25) is 0 Å². The molecule has 18 heavy (non-hydrogen) atoms. The van der Waals surface area contributed by atoms with E-state index in [4.69, 9.17) is 0 Å². The second kappa shape index (κ2) is 5.24. The van der Waals surface area contributed by atoms with Gasteiger partial charge < -0.3 is 5.32 Å². The number of carbonyl (C=O) groups is 1. The number of piperidine rings is 1. The maximum Gasteiger partial charge on any atom is 0.321 e. The Kier molecular flexibility index (Phi) is 3.47. The SMILES string of the molecule is O=C(Nc1nccs1)N[C@@H]1CCN2CCCC[C@H]12. The zero-order chi connectivity index (χ0) is 12.4. The Balaban J connectivity index is 1.54. The van der Waals surface area contributed by atoms with E-state index in [0.29, 0.717) is 17.2 Å². The van der Waals surface area contributed by atoms with Crippen LogP contribution in [0.2, 0.25) is 0 Å². The number of anilines is 1. The average Bonchev–Trinajstić information content (AvgIpc) is 3.00. The molecule has 0 bridgehead atoms.